The van der Waals surface area contributed by atoms with Crippen LogP contribution in [0.4, 0.5) is 4.79 Å². The quantitative estimate of drug-likeness (QED) is 0.471. The van der Waals surface area contributed by atoms with Gasteiger partial charge < -0.3 is 28.6 Å². The molecule has 1 aliphatic carbocycles. The van der Waals surface area contributed by atoms with Crippen LogP contribution in [0.1, 0.15) is 59.3 Å². The number of hydrogen-bond donors (Lipinski definition) is 0. The first-order chi connectivity index (χ1) is 15.3. The van der Waals surface area contributed by atoms with Crippen molar-refractivity contribution in [2.45, 2.75) is 88.8 Å². The Kier molecular flexibility index (Phi) is 5.84. The fourth-order valence-electron chi connectivity index (χ4n) is 6.58. The zero-order valence-electron chi connectivity index (χ0n) is 20.1. The Morgan fingerprint density at radius 2 is 1.94 bits per heavy atom. The summed E-state index contributed by atoms with van der Waals surface area (Å²) >= 11 is 0. The molecule has 1 saturated carbocycles. The van der Waals surface area contributed by atoms with Gasteiger partial charge in [-0.2, -0.15) is 0 Å². The second-order valence-corrected chi connectivity index (χ2v) is 11.1. The first-order valence-electron chi connectivity index (χ1n) is 12.3. The summed E-state index contributed by atoms with van der Waals surface area (Å²) in [5.41, 5.74) is 1.00. The minimum absolute atomic E-state index is 0.0579. The monoisotopic (exact) mass is 449 g/mol. The lowest BCUT2D eigenvalue weighted by Gasteiger charge is -2.43. The van der Waals surface area contributed by atoms with Crippen molar-refractivity contribution in [3.63, 3.8) is 0 Å². The van der Waals surface area contributed by atoms with Gasteiger partial charge in [-0.1, -0.05) is 11.6 Å². The summed E-state index contributed by atoms with van der Waals surface area (Å²) in [5, 5.41) is 0. The number of epoxide rings is 2. The van der Waals surface area contributed by atoms with Crippen LogP contribution in [-0.2, 0) is 23.7 Å². The zero-order valence-corrected chi connectivity index (χ0v) is 20.1. The lowest BCUT2D eigenvalue weighted by molar-refractivity contribution is -0.121. The number of nitrogens with zero attached hydrogens (tertiary/aromatic N) is 1. The minimum atomic E-state index is -0.312. The van der Waals surface area contributed by atoms with Crippen molar-refractivity contribution >= 4 is 6.09 Å². The van der Waals surface area contributed by atoms with Gasteiger partial charge in [0.2, 0.25) is 0 Å². The molecule has 7 nitrogen and oxygen atoms in total. The predicted molar refractivity (Wildman–Crippen MR) is 118 cm³/mol. The van der Waals surface area contributed by atoms with Crippen molar-refractivity contribution in [1.82, 2.24) is 4.90 Å². The van der Waals surface area contributed by atoms with Crippen LogP contribution in [0.15, 0.2) is 11.6 Å². The molecule has 2 spiro atoms. The van der Waals surface area contributed by atoms with Crippen LogP contribution in [-0.4, -0.2) is 80.5 Å². The van der Waals surface area contributed by atoms with Crippen molar-refractivity contribution in [2.75, 3.05) is 40.0 Å². The summed E-state index contributed by atoms with van der Waals surface area (Å²) in [6.45, 7) is 10.3. The van der Waals surface area contributed by atoms with Crippen molar-refractivity contribution < 1.29 is 28.5 Å². The Morgan fingerprint density at radius 3 is 2.59 bits per heavy atom. The van der Waals surface area contributed by atoms with Crippen LogP contribution in [0, 0.1) is 11.3 Å². The predicted octanol–water partition coefficient (Wildman–Crippen LogP) is 3.70. The van der Waals surface area contributed by atoms with E-state index in [1.54, 1.807) is 7.11 Å². The Bertz CT molecular complexity index is 754. The van der Waals surface area contributed by atoms with Gasteiger partial charge in [-0.05, 0) is 64.7 Å². The lowest BCUT2D eigenvalue weighted by atomic mass is 9.68. The van der Waals surface area contributed by atoms with Crippen molar-refractivity contribution in [1.29, 1.82) is 0 Å². The maximum absolute atomic E-state index is 13.1. The summed E-state index contributed by atoms with van der Waals surface area (Å²) in [7, 11) is 1.73. The Hall–Kier alpha value is -1.15. The highest BCUT2D eigenvalue weighted by Gasteiger charge is 2.72. The average molecular weight is 450 g/mol. The molecule has 7 heteroatoms. The zero-order chi connectivity index (χ0) is 22.6. The summed E-state index contributed by atoms with van der Waals surface area (Å²) < 4.78 is 30.0. The number of hydrogen-bond acceptors (Lipinski definition) is 6. The molecule has 5 aliphatic rings. The first kappa shape index (κ1) is 22.6. The number of amides is 1. The van der Waals surface area contributed by atoms with Gasteiger partial charge in [-0.15, -0.1) is 0 Å². The van der Waals surface area contributed by atoms with Gasteiger partial charge in [-0.25, -0.2) is 4.79 Å². The molecule has 1 amide bonds. The van der Waals surface area contributed by atoms with Crippen LogP contribution >= 0.6 is 0 Å². The van der Waals surface area contributed by atoms with Crippen LogP contribution < -0.4 is 0 Å². The summed E-state index contributed by atoms with van der Waals surface area (Å²) in [6, 6.07) is 0. The van der Waals surface area contributed by atoms with Crippen molar-refractivity contribution in [3.8, 4) is 0 Å². The van der Waals surface area contributed by atoms with Crippen molar-refractivity contribution in [3.05, 3.63) is 11.6 Å². The van der Waals surface area contributed by atoms with Gasteiger partial charge in [0.05, 0.1) is 18.6 Å². The van der Waals surface area contributed by atoms with E-state index in [1.807, 2.05) is 4.90 Å². The Morgan fingerprint density at radius 1 is 1.19 bits per heavy atom. The molecular weight excluding hydrogens is 410 g/mol. The van der Waals surface area contributed by atoms with Gasteiger partial charge in [-0.3, -0.25) is 0 Å². The number of carbonyl (C=O) groups is 1. The van der Waals surface area contributed by atoms with Gasteiger partial charge >= 0.3 is 6.09 Å². The fraction of sp³-hybridized carbons (Fsp3) is 0.880. The van der Waals surface area contributed by atoms with Crippen LogP contribution in [0.25, 0.3) is 0 Å². The van der Waals surface area contributed by atoms with Crippen LogP contribution in [0.3, 0.4) is 0 Å². The Balaban J connectivity index is 1.26. The highest BCUT2D eigenvalue weighted by Crippen LogP contribution is 2.59. The van der Waals surface area contributed by atoms with Gasteiger partial charge in [0.1, 0.15) is 23.4 Å². The molecule has 5 fully saturated rings. The molecule has 0 aromatic heterocycles. The minimum Gasteiger partial charge on any atom is -0.443 e. The van der Waals surface area contributed by atoms with E-state index in [4.69, 9.17) is 23.7 Å². The summed E-state index contributed by atoms with van der Waals surface area (Å²) in [5.74, 6) is 0.0579. The van der Waals surface area contributed by atoms with E-state index in [0.29, 0.717) is 0 Å². The second kappa shape index (κ2) is 8.26. The highest BCUT2D eigenvalue weighted by atomic mass is 16.6. The second-order valence-electron chi connectivity index (χ2n) is 11.1. The summed E-state index contributed by atoms with van der Waals surface area (Å²) in [4.78, 5) is 15.0. The number of likely N-dealkylation sites (tertiary alicyclic amines) is 1. The molecule has 0 aromatic carbocycles. The highest BCUT2D eigenvalue weighted by molar-refractivity contribution is 5.68. The van der Waals surface area contributed by atoms with Crippen molar-refractivity contribution in [2.24, 2.45) is 11.3 Å². The molecule has 0 radical (unpaired) electrons. The van der Waals surface area contributed by atoms with E-state index in [2.05, 4.69) is 26.8 Å². The van der Waals surface area contributed by atoms with E-state index in [0.717, 1.165) is 71.4 Å². The normalized spacial score (nSPS) is 42.2. The number of carbonyl (C=O) groups excluding carboxylic acids is 1. The van der Waals surface area contributed by atoms with E-state index >= 15 is 0 Å². The fourth-order valence-corrected chi connectivity index (χ4v) is 6.58. The molecule has 4 heterocycles. The number of rotatable bonds is 5. The molecule has 5 rings (SSSR count). The largest absolute Gasteiger partial charge is 0.443 e. The molecule has 0 N–H and O–H groups in total. The van der Waals surface area contributed by atoms with E-state index in [-0.39, 0.29) is 46.9 Å². The van der Waals surface area contributed by atoms with Gasteiger partial charge in [0, 0.05) is 33.4 Å². The third-order valence-corrected chi connectivity index (χ3v) is 8.74. The van der Waals surface area contributed by atoms with Gasteiger partial charge in [0.15, 0.2) is 0 Å². The average Bonchev–Trinajstić information content (AvgIpc) is 3.65. The van der Waals surface area contributed by atoms with Gasteiger partial charge in [0.25, 0.3) is 0 Å². The summed E-state index contributed by atoms with van der Waals surface area (Å²) in [6.07, 6.45) is 7.34. The molecule has 32 heavy (non-hydrogen) atoms. The molecule has 4 aliphatic heterocycles. The van der Waals surface area contributed by atoms with E-state index < -0.39 is 0 Å². The number of allylic oxidation sites excluding steroid dienone is 1. The lowest BCUT2D eigenvalue weighted by Crippen LogP contribution is -2.56. The smallest absolute Gasteiger partial charge is 0.410 e. The molecule has 6 atom stereocenters. The first-order valence-corrected chi connectivity index (χ1v) is 12.3. The molecule has 4 saturated heterocycles. The van der Waals surface area contributed by atoms with E-state index in [1.165, 1.54) is 5.57 Å². The molecule has 0 bridgehead atoms. The SMILES string of the molecule is CO[C@@H]1[C@H](OC(=O)N2CCC3(CCOCC3)C2)CC[C@]2(CO2)[C@H]1[C@@]1(C)O[C@@H]1CC=C(C)C. The number of methoxy groups -OCH3 is 1. The Labute approximate surface area is 191 Å². The van der Waals surface area contributed by atoms with Crippen LogP contribution in [0.2, 0.25) is 0 Å². The molecule has 180 valence electrons. The topological polar surface area (TPSA) is 73.1 Å². The third-order valence-electron chi connectivity index (χ3n) is 8.74. The molecular formula is C25H39NO6. The maximum atomic E-state index is 13.1. The van der Waals surface area contributed by atoms with Crippen LogP contribution in [0.5, 0.6) is 0 Å². The molecule has 0 unspecified atom stereocenters. The number of ether oxygens (including phenoxy) is 5. The molecule has 0 aromatic rings. The standard InChI is InChI=1S/C25H39NO6/c1-17(2)5-6-19-23(3,32-19)21-20(28-4)18(7-8-25(21)16-30-25)31-22(27)26-12-9-24(15-26)10-13-29-14-11-24/h5,18-21H,6-16H2,1-4H3/t18-,19-,20-,21-,23+,25+/m1/s1. The maximum Gasteiger partial charge on any atom is 0.410 e. The third kappa shape index (κ3) is 3.99. The van der Waals surface area contributed by atoms with E-state index in [9.17, 15) is 4.79 Å².